The van der Waals surface area contributed by atoms with Crippen LogP contribution in [0, 0.1) is 11.7 Å². The molecule has 0 aromatic heterocycles. The van der Waals surface area contributed by atoms with Crippen LogP contribution in [0.5, 0.6) is 0 Å². The third-order valence-electron chi connectivity index (χ3n) is 2.81. The minimum Gasteiger partial charge on any atom is -0.352 e. The Hall–Kier alpha value is -1.42. The van der Waals surface area contributed by atoms with Crippen molar-refractivity contribution in [3.8, 4) is 0 Å². The maximum Gasteiger partial charge on any atom is 0.224 e. The zero-order valence-corrected chi connectivity index (χ0v) is 9.00. The molecule has 1 aromatic rings. The Morgan fingerprint density at radius 1 is 1.44 bits per heavy atom. The van der Waals surface area contributed by atoms with Gasteiger partial charge in [0.25, 0.3) is 0 Å². The molecular formula is C12H15FN2O. The number of hydrogen-bond acceptors (Lipinski definition) is 2. The smallest absolute Gasteiger partial charge is 0.224 e. The van der Waals surface area contributed by atoms with E-state index in [1.54, 1.807) is 12.1 Å². The summed E-state index contributed by atoms with van der Waals surface area (Å²) >= 11 is 0. The van der Waals surface area contributed by atoms with Crippen LogP contribution in [0.25, 0.3) is 0 Å². The van der Waals surface area contributed by atoms with Crippen molar-refractivity contribution in [1.29, 1.82) is 0 Å². The molecule has 0 spiro atoms. The lowest BCUT2D eigenvalue weighted by Gasteiger charge is -2.09. The van der Waals surface area contributed by atoms with Crippen LogP contribution >= 0.6 is 0 Å². The number of halogens is 1. The second kappa shape index (κ2) is 5.07. The molecule has 0 aliphatic carbocycles. The fraction of sp³-hybridized carbons (Fsp3) is 0.417. The maximum absolute atomic E-state index is 12.6. The topological polar surface area (TPSA) is 41.1 Å². The molecule has 3 nitrogen and oxygen atoms in total. The second-order valence-electron chi connectivity index (χ2n) is 4.03. The number of carbonyl (C=O) groups excluding carboxylic acids is 1. The van der Waals surface area contributed by atoms with Gasteiger partial charge in [-0.05, 0) is 30.7 Å². The Morgan fingerprint density at radius 3 is 2.81 bits per heavy atom. The zero-order valence-electron chi connectivity index (χ0n) is 9.00. The molecule has 1 heterocycles. The fourth-order valence-corrected chi connectivity index (χ4v) is 1.81. The van der Waals surface area contributed by atoms with Crippen LogP contribution in [-0.4, -0.2) is 19.0 Å². The Bertz CT molecular complexity index is 358. The van der Waals surface area contributed by atoms with E-state index in [-0.39, 0.29) is 17.6 Å². The van der Waals surface area contributed by atoms with Crippen molar-refractivity contribution in [2.75, 3.05) is 13.1 Å². The molecule has 1 atom stereocenters. The van der Waals surface area contributed by atoms with Gasteiger partial charge >= 0.3 is 0 Å². The van der Waals surface area contributed by atoms with E-state index < -0.39 is 0 Å². The van der Waals surface area contributed by atoms with E-state index >= 15 is 0 Å². The summed E-state index contributed by atoms with van der Waals surface area (Å²) in [7, 11) is 0. The molecule has 1 aromatic carbocycles. The van der Waals surface area contributed by atoms with Gasteiger partial charge in [-0.25, -0.2) is 4.39 Å². The third kappa shape index (κ3) is 2.79. The Kier molecular flexibility index (Phi) is 3.51. The zero-order chi connectivity index (χ0) is 11.4. The van der Waals surface area contributed by atoms with Gasteiger partial charge in [0.2, 0.25) is 5.91 Å². The fourth-order valence-electron chi connectivity index (χ4n) is 1.81. The van der Waals surface area contributed by atoms with Gasteiger partial charge in [-0.15, -0.1) is 0 Å². The molecule has 86 valence electrons. The van der Waals surface area contributed by atoms with Crippen LogP contribution in [0.4, 0.5) is 4.39 Å². The minimum atomic E-state index is -0.255. The van der Waals surface area contributed by atoms with E-state index in [9.17, 15) is 9.18 Å². The Morgan fingerprint density at radius 2 is 2.19 bits per heavy atom. The molecule has 1 saturated heterocycles. The molecule has 0 bridgehead atoms. The maximum atomic E-state index is 12.6. The monoisotopic (exact) mass is 222 g/mol. The number of benzene rings is 1. The van der Waals surface area contributed by atoms with E-state index in [0.29, 0.717) is 6.54 Å². The molecule has 1 fully saturated rings. The largest absolute Gasteiger partial charge is 0.352 e. The van der Waals surface area contributed by atoms with E-state index in [4.69, 9.17) is 0 Å². The lowest BCUT2D eigenvalue weighted by molar-refractivity contribution is -0.124. The van der Waals surface area contributed by atoms with Crippen molar-refractivity contribution in [3.05, 3.63) is 35.6 Å². The van der Waals surface area contributed by atoms with E-state index in [1.165, 1.54) is 12.1 Å². The summed E-state index contributed by atoms with van der Waals surface area (Å²) in [6.45, 7) is 2.14. The molecule has 4 heteroatoms. The highest BCUT2D eigenvalue weighted by atomic mass is 19.1. The first-order valence-electron chi connectivity index (χ1n) is 5.48. The van der Waals surface area contributed by atoms with Crippen molar-refractivity contribution >= 4 is 5.91 Å². The van der Waals surface area contributed by atoms with E-state index in [0.717, 1.165) is 25.1 Å². The van der Waals surface area contributed by atoms with Crippen LogP contribution in [-0.2, 0) is 11.3 Å². The highest BCUT2D eigenvalue weighted by Crippen LogP contribution is 2.08. The quantitative estimate of drug-likeness (QED) is 0.802. The van der Waals surface area contributed by atoms with Gasteiger partial charge in [-0.1, -0.05) is 12.1 Å². The first-order chi connectivity index (χ1) is 7.75. The van der Waals surface area contributed by atoms with Crippen molar-refractivity contribution < 1.29 is 9.18 Å². The van der Waals surface area contributed by atoms with Crippen molar-refractivity contribution in [2.45, 2.75) is 13.0 Å². The van der Waals surface area contributed by atoms with Gasteiger partial charge in [-0.2, -0.15) is 0 Å². The summed E-state index contributed by atoms with van der Waals surface area (Å²) in [5.41, 5.74) is 0.917. The molecule has 0 saturated carbocycles. The first-order valence-corrected chi connectivity index (χ1v) is 5.48. The standard InChI is InChI=1S/C12H15FN2O/c13-11-3-1-9(2-4-11)7-15-12(16)10-5-6-14-8-10/h1-4,10,14H,5-8H2,(H,15,16). The third-order valence-corrected chi connectivity index (χ3v) is 2.81. The SMILES string of the molecule is O=C(NCc1ccc(F)cc1)C1CCNC1. The molecule has 1 unspecified atom stereocenters. The second-order valence-corrected chi connectivity index (χ2v) is 4.03. The van der Waals surface area contributed by atoms with Crippen LogP contribution < -0.4 is 10.6 Å². The predicted octanol–water partition coefficient (Wildman–Crippen LogP) is 1.05. The highest BCUT2D eigenvalue weighted by molar-refractivity contribution is 5.79. The van der Waals surface area contributed by atoms with Gasteiger partial charge in [0.05, 0.1) is 5.92 Å². The van der Waals surface area contributed by atoms with Crippen LogP contribution in [0.1, 0.15) is 12.0 Å². The minimum absolute atomic E-state index is 0.0781. The molecule has 2 rings (SSSR count). The van der Waals surface area contributed by atoms with E-state index in [1.807, 2.05) is 0 Å². The highest BCUT2D eigenvalue weighted by Gasteiger charge is 2.21. The molecule has 1 aliphatic rings. The number of nitrogens with one attached hydrogen (secondary N) is 2. The van der Waals surface area contributed by atoms with Crippen molar-refractivity contribution in [3.63, 3.8) is 0 Å². The van der Waals surface area contributed by atoms with Crippen LogP contribution in [0.3, 0.4) is 0 Å². The lowest BCUT2D eigenvalue weighted by atomic mass is 10.1. The molecule has 0 radical (unpaired) electrons. The van der Waals surface area contributed by atoms with Crippen molar-refractivity contribution in [1.82, 2.24) is 10.6 Å². The van der Waals surface area contributed by atoms with Gasteiger partial charge < -0.3 is 10.6 Å². The average molecular weight is 222 g/mol. The Balaban J connectivity index is 1.82. The summed E-state index contributed by atoms with van der Waals surface area (Å²) in [5, 5.41) is 6.01. The van der Waals surface area contributed by atoms with Gasteiger partial charge in [0, 0.05) is 13.1 Å². The summed E-state index contributed by atoms with van der Waals surface area (Å²) in [5.74, 6) is -0.0927. The molecule has 2 N–H and O–H groups in total. The van der Waals surface area contributed by atoms with Crippen molar-refractivity contribution in [2.24, 2.45) is 5.92 Å². The molecule has 1 aliphatic heterocycles. The number of hydrogen-bond donors (Lipinski definition) is 2. The summed E-state index contributed by atoms with van der Waals surface area (Å²) in [4.78, 5) is 11.7. The molecular weight excluding hydrogens is 207 g/mol. The number of amides is 1. The molecule has 1 amide bonds. The van der Waals surface area contributed by atoms with Gasteiger partial charge in [-0.3, -0.25) is 4.79 Å². The number of carbonyl (C=O) groups is 1. The predicted molar refractivity (Wildman–Crippen MR) is 59.2 cm³/mol. The van der Waals surface area contributed by atoms with Gasteiger partial charge in [0.15, 0.2) is 0 Å². The normalized spacial score (nSPS) is 19.7. The molecule has 16 heavy (non-hydrogen) atoms. The summed E-state index contributed by atoms with van der Waals surface area (Å²) < 4.78 is 12.6. The Labute approximate surface area is 94.0 Å². The number of rotatable bonds is 3. The summed E-state index contributed by atoms with van der Waals surface area (Å²) in [6, 6.07) is 6.17. The van der Waals surface area contributed by atoms with E-state index in [2.05, 4.69) is 10.6 Å². The van der Waals surface area contributed by atoms with Crippen LogP contribution in [0.15, 0.2) is 24.3 Å². The average Bonchev–Trinajstić information content (AvgIpc) is 2.81. The summed E-state index contributed by atoms with van der Waals surface area (Å²) in [6.07, 6.45) is 0.898. The first kappa shape index (κ1) is 11.1. The van der Waals surface area contributed by atoms with Gasteiger partial charge in [0.1, 0.15) is 5.82 Å². The lowest BCUT2D eigenvalue weighted by Crippen LogP contribution is -2.31. The van der Waals surface area contributed by atoms with Crippen LogP contribution in [0.2, 0.25) is 0 Å².